The van der Waals surface area contributed by atoms with E-state index in [1.807, 2.05) is 0 Å². The van der Waals surface area contributed by atoms with Gasteiger partial charge in [0.05, 0.1) is 6.61 Å². The van der Waals surface area contributed by atoms with E-state index < -0.39 is 0 Å². The van der Waals surface area contributed by atoms with E-state index in [9.17, 15) is 4.79 Å². The number of carbonyl (C=O) groups is 1. The van der Waals surface area contributed by atoms with Crippen molar-refractivity contribution in [2.75, 3.05) is 6.61 Å². The van der Waals surface area contributed by atoms with Crippen LogP contribution in [0.3, 0.4) is 0 Å². The highest BCUT2D eigenvalue weighted by atomic mass is 16.5. The second-order valence-corrected chi connectivity index (χ2v) is 2.64. The molecule has 0 aliphatic rings. The molecule has 0 heterocycles. The number of rotatable bonds is 4. The van der Waals surface area contributed by atoms with Crippen molar-refractivity contribution in [3.05, 3.63) is 0 Å². The third kappa shape index (κ3) is 5.60. The Morgan fingerprint density at radius 3 is 2.60 bits per heavy atom. The van der Waals surface area contributed by atoms with Gasteiger partial charge < -0.3 is 4.74 Å². The molecular weight excluding hydrogens is 128 g/mol. The first-order valence-electron chi connectivity index (χ1n) is 3.80. The van der Waals surface area contributed by atoms with Crippen LogP contribution in [0.25, 0.3) is 0 Å². The van der Waals surface area contributed by atoms with E-state index >= 15 is 0 Å². The van der Waals surface area contributed by atoms with Gasteiger partial charge in [-0.1, -0.05) is 20.3 Å². The number of hydrogen-bond donors (Lipinski definition) is 0. The molecule has 0 rings (SSSR count). The van der Waals surface area contributed by atoms with Crippen LogP contribution in [0.5, 0.6) is 0 Å². The maximum absolute atomic E-state index is 10.3. The molecule has 2 heteroatoms. The molecule has 1 unspecified atom stereocenters. The van der Waals surface area contributed by atoms with Gasteiger partial charge in [-0.25, -0.2) is 0 Å². The molecule has 1 atom stereocenters. The summed E-state index contributed by atoms with van der Waals surface area (Å²) in [5.41, 5.74) is 0. The van der Waals surface area contributed by atoms with Crippen LogP contribution >= 0.6 is 0 Å². The first kappa shape index (κ1) is 9.47. The van der Waals surface area contributed by atoms with Crippen molar-refractivity contribution in [1.29, 1.82) is 0 Å². The molecule has 0 radical (unpaired) electrons. The number of esters is 1. The maximum Gasteiger partial charge on any atom is 0.302 e. The summed E-state index contributed by atoms with van der Waals surface area (Å²) in [6.45, 7) is 6.31. The second kappa shape index (κ2) is 5.27. The lowest BCUT2D eigenvalue weighted by atomic mass is 10.1. The zero-order valence-electron chi connectivity index (χ0n) is 7.02. The van der Waals surface area contributed by atoms with Crippen LogP contribution in [0.4, 0.5) is 0 Å². The Hall–Kier alpha value is -0.530. The summed E-state index contributed by atoms with van der Waals surface area (Å²) < 4.78 is 4.78. The van der Waals surface area contributed by atoms with Crippen molar-refractivity contribution in [1.82, 2.24) is 0 Å². The molecule has 0 aromatic rings. The molecule has 0 bridgehead atoms. The average Bonchev–Trinajstić information content (AvgIpc) is 1.87. The van der Waals surface area contributed by atoms with E-state index in [0.717, 1.165) is 12.8 Å². The van der Waals surface area contributed by atoms with Crippen LogP contribution in [0.1, 0.15) is 33.6 Å². The average molecular weight is 144 g/mol. The Kier molecular flexibility index (Phi) is 4.99. The lowest BCUT2D eigenvalue weighted by Gasteiger charge is -2.06. The fourth-order valence-corrected chi connectivity index (χ4v) is 0.608. The lowest BCUT2D eigenvalue weighted by molar-refractivity contribution is -0.141. The molecule has 0 saturated heterocycles. The molecule has 0 aliphatic heterocycles. The molecule has 60 valence electrons. The van der Waals surface area contributed by atoms with Crippen LogP contribution in [0.15, 0.2) is 0 Å². The van der Waals surface area contributed by atoms with Gasteiger partial charge >= 0.3 is 5.97 Å². The van der Waals surface area contributed by atoms with Crippen LogP contribution in [-0.2, 0) is 9.53 Å². The van der Waals surface area contributed by atoms with Gasteiger partial charge in [-0.15, -0.1) is 0 Å². The zero-order chi connectivity index (χ0) is 7.98. The minimum atomic E-state index is -0.177. The van der Waals surface area contributed by atoms with Gasteiger partial charge in [-0.3, -0.25) is 4.79 Å². The summed E-state index contributed by atoms with van der Waals surface area (Å²) in [5.74, 6) is 0.489. The summed E-state index contributed by atoms with van der Waals surface area (Å²) in [6.07, 6.45) is 2.14. The molecule has 10 heavy (non-hydrogen) atoms. The van der Waals surface area contributed by atoms with E-state index in [1.54, 1.807) is 0 Å². The molecule has 0 saturated carbocycles. The number of hydrogen-bond acceptors (Lipinski definition) is 2. The molecule has 0 aromatic heterocycles. The molecule has 2 nitrogen and oxygen atoms in total. The molecule has 0 spiro atoms. The van der Waals surface area contributed by atoms with Gasteiger partial charge in [0.15, 0.2) is 0 Å². The third-order valence-corrected chi connectivity index (χ3v) is 1.61. The van der Waals surface area contributed by atoms with Crippen LogP contribution in [0.2, 0.25) is 0 Å². The summed E-state index contributed by atoms with van der Waals surface area (Å²) in [4.78, 5) is 10.3. The Morgan fingerprint density at radius 1 is 1.60 bits per heavy atom. The van der Waals surface area contributed by atoms with E-state index in [4.69, 9.17) is 4.74 Å². The van der Waals surface area contributed by atoms with Crippen LogP contribution < -0.4 is 0 Å². The SMILES string of the molecule is CCC(C)CCOC(C)=O. The first-order valence-corrected chi connectivity index (χ1v) is 3.80. The summed E-state index contributed by atoms with van der Waals surface area (Å²) in [5, 5.41) is 0. The molecule has 0 aliphatic carbocycles. The predicted octanol–water partition coefficient (Wildman–Crippen LogP) is 1.99. The summed E-state index contributed by atoms with van der Waals surface area (Å²) in [7, 11) is 0. The zero-order valence-corrected chi connectivity index (χ0v) is 7.02. The molecule has 0 N–H and O–H groups in total. The van der Waals surface area contributed by atoms with Gasteiger partial charge in [0, 0.05) is 6.92 Å². The van der Waals surface area contributed by atoms with Gasteiger partial charge in [0.2, 0.25) is 0 Å². The minimum absolute atomic E-state index is 0.177. The number of carbonyl (C=O) groups excluding carboxylic acids is 1. The fourth-order valence-electron chi connectivity index (χ4n) is 0.608. The van der Waals surface area contributed by atoms with E-state index in [0.29, 0.717) is 12.5 Å². The fraction of sp³-hybridized carbons (Fsp3) is 0.875. The topological polar surface area (TPSA) is 26.3 Å². The highest BCUT2D eigenvalue weighted by molar-refractivity contribution is 5.65. The van der Waals surface area contributed by atoms with Gasteiger partial charge in [-0.2, -0.15) is 0 Å². The van der Waals surface area contributed by atoms with Crippen molar-refractivity contribution in [3.63, 3.8) is 0 Å². The Labute approximate surface area is 62.6 Å². The molecule has 0 amide bonds. The van der Waals surface area contributed by atoms with Crippen molar-refractivity contribution in [2.45, 2.75) is 33.6 Å². The molecular formula is C8H16O2. The Balaban J connectivity index is 3.11. The van der Waals surface area contributed by atoms with E-state index in [1.165, 1.54) is 6.92 Å². The number of ether oxygens (including phenoxy) is 1. The third-order valence-electron chi connectivity index (χ3n) is 1.61. The van der Waals surface area contributed by atoms with Crippen LogP contribution in [-0.4, -0.2) is 12.6 Å². The largest absolute Gasteiger partial charge is 0.466 e. The van der Waals surface area contributed by atoms with Gasteiger partial charge in [-0.05, 0) is 12.3 Å². The summed E-state index contributed by atoms with van der Waals surface area (Å²) in [6, 6.07) is 0. The molecule has 0 fully saturated rings. The van der Waals surface area contributed by atoms with Crippen molar-refractivity contribution in [2.24, 2.45) is 5.92 Å². The van der Waals surface area contributed by atoms with E-state index in [2.05, 4.69) is 13.8 Å². The Bertz CT molecular complexity index is 99.4. The lowest BCUT2D eigenvalue weighted by Crippen LogP contribution is -2.04. The normalized spacial score (nSPS) is 12.7. The van der Waals surface area contributed by atoms with Crippen molar-refractivity contribution >= 4 is 5.97 Å². The summed E-state index contributed by atoms with van der Waals surface area (Å²) >= 11 is 0. The predicted molar refractivity (Wildman–Crippen MR) is 40.7 cm³/mol. The van der Waals surface area contributed by atoms with Crippen molar-refractivity contribution in [3.8, 4) is 0 Å². The maximum atomic E-state index is 10.3. The van der Waals surface area contributed by atoms with Crippen molar-refractivity contribution < 1.29 is 9.53 Å². The van der Waals surface area contributed by atoms with E-state index in [-0.39, 0.29) is 5.97 Å². The quantitative estimate of drug-likeness (QED) is 0.564. The smallest absolute Gasteiger partial charge is 0.302 e. The first-order chi connectivity index (χ1) is 4.66. The Morgan fingerprint density at radius 2 is 2.20 bits per heavy atom. The van der Waals surface area contributed by atoms with Gasteiger partial charge in [0.1, 0.15) is 0 Å². The second-order valence-electron chi connectivity index (χ2n) is 2.64. The molecule has 0 aromatic carbocycles. The highest BCUT2D eigenvalue weighted by Crippen LogP contribution is 2.05. The van der Waals surface area contributed by atoms with Crippen LogP contribution in [0, 0.1) is 5.92 Å². The standard InChI is InChI=1S/C8H16O2/c1-4-7(2)5-6-10-8(3)9/h7H,4-6H2,1-3H3. The highest BCUT2D eigenvalue weighted by Gasteiger charge is 1.98. The van der Waals surface area contributed by atoms with Gasteiger partial charge in [0.25, 0.3) is 0 Å². The minimum Gasteiger partial charge on any atom is -0.466 e. The monoisotopic (exact) mass is 144 g/mol.